The second kappa shape index (κ2) is 10.3. The number of sulfonamides is 1. The Hall–Kier alpha value is -2.85. The van der Waals surface area contributed by atoms with Crippen LogP contribution in [-0.4, -0.2) is 41.8 Å². The Morgan fingerprint density at radius 2 is 1.83 bits per heavy atom. The summed E-state index contributed by atoms with van der Waals surface area (Å²) in [7, 11) is -3.65. The minimum Gasteiger partial charge on any atom is -0.355 e. The molecule has 158 valence electrons. The van der Waals surface area contributed by atoms with Crippen LogP contribution in [0.1, 0.15) is 17.5 Å². The molecule has 3 rings (SSSR count). The molecule has 0 aliphatic carbocycles. The van der Waals surface area contributed by atoms with E-state index in [1.54, 1.807) is 36.4 Å². The Bertz CT molecular complexity index is 1050. The molecule has 0 fully saturated rings. The van der Waals surface area contributed by atoms with Gasteiger partial charge >= 0.3 is 0 Å². The van der Waals surface area contributed by atoms with Gasteiger partial charge in [0.15, 0.2) is 5.16 Å². The Morgan fingerprint density at radius 3 is 2.50 bits per heavy atom. The summed E-state index contributed by atoms with van der Waals surface area (Å²) in [6, 6.07) is 13.7. The summed E-state index contributed by atoms with van der Waals surface area (Å²) in [6.45, 7) is 2.47. The monoisotopic (exact) mass is 445 g/mol. The maximum absolute atomic E-state index is 12.5. The molecule has 8 nitrogen and oxygen atoms in total. The number of nitrogens with one attached hydrogen (secondary N) is 3. The van der Waals surface area contributed by atoms with E-state index >= 15 is 0 Å². The van der Waals surface area contributed by atoms with Crippen molar-refractivity contribution in [1.82, 2.24) is 20.5 Å². The van der Waals surface area contributed by atoms with E-state index in [1.807, 2.05) is 19.1 Å². The molecule has 1 heterocycles. The molecule has 2 aromatic carbocycles. The number of nitrogens with zero attached hydrogens (tertiary/aromatic N) is 2. The Labute approximate surface area is 179 Å². The molecule has 1 amide bonds. The average Bonchev–Trinajstić information content (AvgIpc) is 3.25. The van der Waals surface area contributed by atoms with E-state index in [0.717, 1.165) is 16.3 Å². The van der Waals surface area contributed by atoms with E-state index in [4.69, 9.17) is 0 Å². The predicted octanol–water partition coefficient (Wildman–Crippen LogP) is 2.76. The summed E-state index contributed by atoms with van der Waals surface area (Å²) in [5.74, 6) is 0.646. The van der Waals surface area contributed by atoms with E-state index < -0.39 is 10.0 Å². The molecule has 3 aromatic rings. The van der Waals surface area contributed by atoms with Crippen LogP contribution in [0.5, 0.6) is 0 Å². The van der Waals surface area contributed by atoms with Gasteiger partial charge in [-0.1, -0.05) is 41.6 Å². The fourth-order valence-electron chi connectivity index (χ4n) is 2.62. The van der Waals surface area contributed by atoms with Crippen molar-refractivity contribution in [3.63, 3.8) is 0 Å². The van der Waals surface area contributed by atoms with Crippen molar-refractivity contribution in [2.75, 3.05) is 17.0 Å². The Balaban J connectivity index is 1.44. The number of anilines is 1. The first-order valence-corrected chi connectivity index (χ1v) is 11.8. The second-order valence-electron chi connectivity index (χ2n) is 6.60. The lowest BCUT2D eigenvalue weighted by Gasteiger charge is -2.09. The SMILES string of the molecule is Cc1ccc(NS(=O)(=O)c2ccc(CCC(=O)NCCSc3ncn[nH]3)cc2)cc1. The molecule has 0 bridgehead atoms. The molecule has 0 aliphatic heterocycles. The fraction of sp³-hybridized carbons (Fsp3) is 0.250. The van der Waals surface area contributed by atoms with Gasteiger partial charge in [0.2, 0.25) is 5.91 Å². The van der Waals surface area contributed by atoms with Gasteiger partial charge in [-0.3, -0.25) is 14.6 Å². The smallest absolute Gasteiger partial charge is 0.261 e. The first kappa shape index (κ1) is 21.8. The summed E-state index contributed by atoms with van der Waals surface area (Å²) < 4.78 is 27.6. The Kier molecular flexibility index (Phi) is 7.47. The molecular formula is C20H23N5O3S2. The number of carbonyl (C=O) groups excluding carboxylic acids is 1. The van der Waals surface area contributed by atoms with Crippen molar-refractivity contribution in [2.45, 2.75) is 29.8 Å². The number of aromatic nitrogens is 3. The van der Waals surface area contributed by atoms with Gasteiger partial charge in [0, 0.05) is 24.4 Å². The second-order valence-corrected chi connectivity index (χ2v) is 9.37. The fourth-order valence-corrected chi connectivity index (χ4v) is 4.31. The molecule has 30 heavy (non-hydrogen) atoms. The number of carbonyl (C=O) groups is 1. The van der Waals surface area contributed by atoms with Gasteiger partial charge in [0.05, 0.1) is 4.90 Å². The molecule has 10 heteroatoms. The van der Waals surface area contributed by atoms with Crippen LogP contribution in [-0.2, 0) is 21.2 Å². The van der Waals surface area contributed by atoms with Gasteiger partial charge in [-0.05, 0) is 43.2 Å². The van der Waals surface area contributed by atoms with E-state index in [-0.39, 0.29) is 10.8 Å². The quantitative estimate of drug-likeness (QED) is 0.326. The van der Waals surface area contributed by atoms with Crippen LogP contribution in [0.25, 0.3) is 0 Å². The zero-order valence-electron chi connectivity index (χ0n) is 16.5. The number of amides is 1. The molecule has 0 radical (unpaired) electrons. The summed E-state index contributed by atoms with van der Waals surface area (Å²) >= 11 is 1.48. The summed E-state index contributed by atoms with van der Waals surface area (Å²) in [6.07, 6.45) is 2.31. The minimum atomic E-state index is -3.65. The van der Waals surface area contributed by atoms with Crippen LogP contribution >= 0.6 is 11.8 Å². The first-order valence-electron chi connectivity index (χ1n) is 9.36. The molecule has 0 saturated carbocycles. The topological polar surface area (TPSA) is 117 Å². The molecular weight excluding hydrogens is 422 g/mol. The van der Waals surface area contributed by atoms with Gasteiger partial charge in [0.25, 0.3) is 10.0 Å². The highest BCUT2D eigenvalue weighted by Crippen LogP contribution is 2.17. The van der Waals surface area contributed by atoms with Crippen LogP contribution < -0.4 is 10.0 Å². The van der Waals surface area contributed by atoms with Crippen molar-refractivity contribution in [3.05, 3.63) is 66.0 Å². The van der Waals surface area contributed by atoms with Crippen LogP contribution in [0.15, 0.2) is 64.9 Å². The molecule has 1 aromatic heterocycles. The maximum atomic E-state index is 12.5. The molecule has 0 saturated heterocycles. The van der Waals surface area contributed by atoms with Gasteiger partial charge in [-0.25, -0.2) is 13.4 Å². The van der Waals surface area contributed by atoms with Crippen LogP contribution in [0.4, 0.5) is 5.69 Å². The highest BCUT2D eigenvalue weighted by atomic mass is 32.2. The lowest BCUT2D eigenvalue weighted by molar-refractivity contribution is -0.120. The van der Waals surface area contributed by atoms with Gasteiger partial charge in [0.1, 0.15) is 6.33 Å². The van der Waals surface area contributed by atoms with Crippen molar-refractivity contribution >= 4 is 33.4 Å². The van der Waals surface area contributed by atoms with Gasteiger partial charge in [-0.2, -0.15) is 5.10 Å². The van der Waals surface area contributed by atoms with E-state index in [2.05, 4.69) is 25.2 Å². The normalized spacial score (nSPS) is 11.2. The number of thioether (sulfide) groups is 1. The van der Waals surface area contributed by atoms with Crippen LogP contribution in [0.2, 0.25) is 0 Å². The average molecular weight is 446 g/mol. The van der Waals surface area contributed by atoms with E-state index in [1.165, 1.54) is 18.1 Å². The van der Waals surface area contributed by atoms with Crippen molar-refractivity contribution < 1.29 is 13.2 Å². The third-order valence-electron chi connectivity index (χ3n) is 4.23. The number of hydrogen-bond acceptors (Lipinski definition) is 6. The zero-order valence-corrected chi connectivity index (χ0v) is 18.1. The first-order chi connectivity index (χ1) is 14.4. The maximum Gasteiger partial charge on any atom is 0.261 e. The predicted molar refractivity (Wildman–Crippen MR) is 117 cm³/mol. The summed E-state index contributed by atoms with van der Waals surface area (Å²) in [5, 5.41) is 10.1. The van der Waals surface area contributed by atoms with Crippen molar-refractivity contribution in [1.29, 1.82) is 0 Å². The third kappa shape index (κ3) is 6.60. The third-order valence-corrected chi connectivity index (χ3v) is 6.51. The van der Waals surface area contributed by atoms with E-state index in [9.17, 15) is 13.2 Å². The standard InChI is InChI=1S/C20H23N5O3S2/c1-15-2-7-17(8-3-15)25-30(27,28)18-9-4-16(5-10-18)6-11-19(26)21-12-13-29-20-22-14-23-24-20/h2-5,7-10,14,25H,6,11-13H2,1H3,(H,21,26)(H,22,23,24). The Morgan fingerprint density at radius 1 is 1.10 bits per heavy atom. The van der Waals surface area contributed by atoms with Crippen LogP contribution in [0.3, 0.4) is 0 Å². The van der Waals surface area contributed by atoms with Crippen molar-refractivity contribution in [2.24, 2.45) is 0 Å². The highest BCUT2D eigenvalue weighted by Gasteiger charge is 2.14. The summed E-state index contributed by atoms with van der Waals surface area (Å²) in [4.78, 5) is 16.1. The number of rotatable bonds is 10. The van der Waals surface area contributed by atoms with Gasteiger partial charge < -0.3 is 5.32 Å². The largest absolute Gasteiger partial charge is 0.355 e. The number of H-pyrrole nitrogens is 1. The lowest BCUT2D eigenvalue weighted by atomic mass is 10.1. The number of benzene rings is 2. The zero-order chi connectivity index (χ0) is 21.4. The number of hydrogen-bond donors (Lipinski definition) is 3. The summed E-state index contributed by atoms with van der Waals surface area (Å²) in [5.41, 5.74) is 2.47. The molecule has 0 spiro atoms. The van der Waals surface area contributed by atoms with Crippen molar-refractivity contribution in [3.8, 4) is 0 Å². The highest BCUT2D eigenvalue weighted by molar-refractivity contribution is 7.99. The number of aryl methyl sites for hydroxylation is 2. The molecule has 0 unspecified atom stereocenters. The molecule has 0 atom stereocenters. The number of aromatic amines is 1. The molecule has 3 N–H and O–H groups in total. The van der Waals surface area contributed by atoms with Crippen LogP contribution in [0, 0.1) is 6.92 Å². The van der Waals surface area contributed by atoms with Gasteiger partial charge in [-0.15, -0.1) is 0 Å². The lowest BCUT2D eigenvalue weighted by Crippen LogP contribution is -2.25. The minimum absolute atomic E-state index is 0.0501. The van der Waals surface area contributed by atoms with E-state index in [0.29, 0.717) is 30.8 Å². The molecule has 0 aliphatic rings.